The van der Waals surface area contributed by atoms with Crippen LogP contribution in [-0.2, 0) is 0 Å². The molecular formula is C55H40N2O3S3. The van der Waals surface area contributed by atoms with E-state index in [1.54, 1.807) is 55.3 Å². The minimum Gasteiger partial charge on any atom is -0.496 e. The van der Waals surface area contributed by atoms with Crippen molar-refractivity contribution >= 4 is 34.0 Å². The molecule has 6 aromatic carbocycles. The van der Waals surface area contributed by atoms with Gasteiger partial charge in [-0.2, -0.15) is 0 Å². The van der Waals surface area contributed by atoms with Crippen molar-refractivity contribution in [1.82, 2.24) is 9.97 Å². The third-order valence-electron chi connectivity index (χ3n) is 11.0. The van der Waals surface area contributed by atoms with Crippen LogP contribution in [0.3, 0.4) is 0 Å². The predicted octanol–water partition coefficient (Wildman–Crippen LogP) is 15.7. The van der Waals surface area contributed by atoms with E-state index in [9.17, 15) is 0 Å². The zero-order valence-electron chi connectivity index (χ0n) is 34.7. The highest BCUT2D eigenvalue weighted by molar-refractivity contribution is 7.19. The number of thiophene rings is 3. The second-order valence-electron chi connectivity index (χ2n) is 14.8. The zero-order valence-corrected chi connectivity index (χ0v) is 37.2. The molecule has 0 saturated carbocycles. The average Bonchev–Trinajstić information content (AvgIpc) is 4.17. The number of methoxy groups -OCH3 is 3. The number of aromatic nitrogens is 2. The number of benzene rings is 6. The largest absolute Gasteiger partial charge is 0.496 e. The van der Waals surface area contributed by atoms with E-state index in [0.29, 0.717) is 34.5 Å². The van der Waals surface area contributed by atoms with Gasteiger partial charge in [-0.3, -0.25) is 0 Å². The van der Waals surface area contributed by atoms with E-state index >= 15 is 0 Å². The van der Waals surface area contributed by atoms with Crippen molar-refractivity contribution in [1.29, 1.82) is 0 Å². The lowest BCUT2D eigenvalue weighted by atomic mass is 10.0. The van der Waals surface area contributed by atoms with Crippen LogP contribution in [0.25, 0.3) is 97.2 Å². The van der Waals surface area contributed by atoms with E-state index in [1.165, 1.54) is 32.0 Å². The molecule has 0 N–H and O–H groups in total. The van der Waals surface area contributed by atoms with Gasteiger partial charge >= 0.3 is 0 Å². The monoisotopic (exact) mass is 872 g/mol. The highest BCUT2D eigenvalue weighted by Gasteiger charge is 2.21. The summed E-state index contributed by atoms with van der Waals surface area (Å²) in [6.07, 6.45) is 0. The molecule has 10 aromatic rings. The molecule has 4 aromatic heterocycles. The summed E-state index contributed by atoms with van der Waals surface area (Å²) in [5.41, 5.74) is 11.9. The second kappa shape index (κ2) is 17.7. The summed E-state index contributed by atoms with van der Waals surface area (Å²) in [6.45, 7) is 0. The van der Waals surface area contributed by atoms with Crippen molar-refractivity contribution in [2.75, 3.05) is 21.3 Å². The lowest BCUT2D eigenvalue weighted by Crippen LogP contribution is -2.00. The molecule has 306 valence electrons. The van der Waals surface area contributed by atoms with E-state index in [0.717, 1.165) is 48.0 Å². The summed E-state index contributed by atoms with van der Waals surface area (Å²) in [4.78, 5) is 16.4. The van der Waals surface area contributed by atoms with Crippen LogP contribution in [0, 0.1) is 0 Å². The topological polar surface area (TPSA) is 53.5 Å². The Bertz CT molecular complexity index is 2840. The van der Waals surface area contributed by atoms with Crippen molar-refractivity contribution < 1.29 is 14.2 Å². The van der Waals surface area contributed by atoms with E-state index in [2.05, 4.69) is 163 Å². The molecule has 0 saturated heterocycles. The van der Waals surface area contributed by atoms with E-state index in [4.69, 9.17) is 24.2 Å². The average molecular weight is 873 g/mol. The van der Waals surface area contributed by atoms with Crippen LogP contribution in [0.5, 0.6) is 17.2 Å². The van der Waals surface area contributed by atoms with Gasteiger partial charge in [0.25, 0.3) is 0 Å². The summed E-state index contributed by atoms with van der Waals surface area (Å²) >= 11 is 5.23. The van der Waals surface area contributed by atoms with Crippen LogP contribution in [0.2, 0.25) is 0 Å². The minimum absolute atomic E-state index is 0.524. The second-order valence-corrected chi connectivity index (χ2v) is 17.9. The van der Waals surface area contributed by atoms with Crippen LogP contribution in [0.15, 0.2) is 187 Å². The Kier molecular flexibility index (Phi) is 11.2. The minimum atomic E-state index is 0.524. The molecule has 0 atom stereocenters. The van der Waals surface area contributed by atoms with Gasteiger partial charge in [0, 0.05) is 35.5 Å². The molecule has 0 aliphatic rings. The van der Waals surface area contributed by atoms with Crippen molar-refractivity contribution in [3.8, 4) is 114 Å². The van der Waals surface area contributed by atoms with Gasteiger partial charge in [0.05, 0.1) is 38.3 Å². The first-order chi connectivity index (χ1) is 31.0. The first-order valence-corrected chi connectivity index (χ1v) is 23.0. The molecule has 63 heavy (non-hydrogen) atoms. The summed E-state index contributed by atoms with van der Waals surface area (Å²) in [6, 6.07) is 63.2. The molecule has 0 radical (unpaired) electrons. The summed E-state index contributed by atoms with van der Waals surface area (Å²) in [5.74, 6) is 2.62. The molecule has 0 bridgehead atoms. The molecule has 4 heterocycles. The Morgan fingerprint density at radius 2 is 0.730 bits per heavy atom. The molecule has 8 heteroatoms. The van der Waals surface area contributed by atoms with Crippen LogP contribution < -0.4 is 14.2 Å². The van der Waals surface area contributed by atoms with Crippen molar-refractivity contribution in [3.63, 3.8) is 0 Å². The number of hydrogen-bond donors (Lipinski definition) is 0. The van der Waals surface area contributed by atoms with Gasteiger partial charge in [-0.15, -0.1) is 34.0 Å². The SMILES string of the molecule is COc1cc(-c2ccc(-c3ccccc3)s2)ccc1-c1cc(-c2ccc(-c3ccc(-c4ccccc4)s3)cc2OC)nc(-c2ccc(-c3cc(-c4ccccc4)cs3)cc2OC)n1. The molecule has 5 nitrogen and oxygen atoms in total. The van der Waals surface area contributed by atoms with Crippen LogP contribution in [0.4, 0.5) is 0 Å². The Morgan fingerprint density at radius 3 is 1.19 bits per heavy atom. The van der Waals surface area contributed by atoms with E-state index in [1.807, 2.05) is 24.3 Å². The van der Waals surface area contributed by atoms with Crippen LogP contribution in [-0.4, -0.2) is 31.3 Å². The van der Waals surface area contributed by atoms with Crippen molar-refractivity contribution in [2.24, 2.45) is 0 Å². The number of ether oxygens (including phenoxy) is 3. The number of nitrogens with zero attached hydrogens (tertiary/aromatic N) is 2. The van der Waals surface area contributed by atoms with Gasteiger partial charge in [-0.05, 0) is 117 Å². The Labute approximate surface area is 379 Å². The van der Waals surface area contributed by atoms with Crippen molar-refractivity contribution in [2.45, 2.75) is 0 Å². The fourth-order valence-electron chi connectivity index (χ4n) is 7.76. The first-order valence-electron chi connectivity index (χ1n) is 20.4. The Hall–Kier alpha value is -7.10. The first kappa shape index (κ1) is 40.0. The van der Waals surface area contributed by atoms with Crippen LogP contribution >= 0.6 is 34.0 Å². The molecule has 0 spiro atoms. The van der Waals surface area contributed by atoms with Gasteiger partial charge in [-0.1, -0.05) is 109 Å². The summed E-state index contributed by atoms with van der Waals surface area (Å²) in [7, 11) is 5.11. The molecular weight excluding hydrogens is 833 g/mol. The molecule has 0 amide bonds. The molecule has 0 unspecified atom stereocenters. The van der Waals surface area contributed by atoms with Gasteiger partial charge in [0.2, 0.25) is 0 Å². The maximum absolute atomic E-state index is 6.13. The Morgan fingerprint density at radius 1 is 0.333 bits per heavy atom. The summed E-state index contributed by atoms with van der Waals surface area (Å²) in [5, 5.41) is 2.20. The molecule has 0 aliphatic carbocycles. The third kappa shape index (κ3) is 8.20. The lowest BCUT2D eigenvalue weighted by molar-refractivity contribution is 0.416. The quantitative estimate of drug-likeness (QED) is 0.122. The van der Waals surface area contributed by atoms with Gasteiger partial charge in [0.15, 0.2) is 5.82 Å². The predicted molar refractivity (Wildman–Crippen MR) is 264 cm³/mol. The maximum atomic E-state index is 6.13. The van der Waals surface area contributed by atoms with Crippen LogP contribution in [0.1, 0.15) is 0 Å². The summed E-state index contributed by atoms with van der Waals surface area (Å²) < 4.78 is 18.4. The fraction of sp³-hybridized carbons (Fsp3) is 0.0545. The van der Waals surface area contributed by atoms with Crippen molar-refractivity contribution in [3.05, 3.63) is 187 Å². The van der Waals surface area contributed by atoms with Gasteiger partial charge in [0.1, 0.15) is 17.2 Å². The fourth-order valence-corrected chi connectivity index (χ4v) is 10.7. The maximum Gasteiger partial charge on any atom is 0.164 e. The van der Waals surface area contributed by atoms with Gasteiger partial charge < -0.3 is 14.2 Å². The Balaban J connectivity index is 1.07. The molecule has 0 aliphatic heterocycles. The van der Waals surface area contributed by atoms with Gasteiger partial charge in [-0.25, -0.2) is 9.97 Å². The number of hydrogen-bond acceptors (Lipinski definition) is 8. The van der Waals surface area contributed by atoms with E-state index in [-0.39, 0.29) is 0 Å². The third-order valence-corrected chi connectivity index (χ3v) is 14.4. The molecule has 0 fully saturated rings. The van der Waals surface area contributed by atoms with E-state index < -0.39 is 0 Å². The normalized spacial score (nSPS) is 11.1. The molecule has 10 rings (SSSR count). The smallest absolute Gasteiger partial charge is 0.164 e. The standard InChI is InChI=1S/C55H40N2O3S3/c1-58-47-29-38(52-27-25-50(62-52)36-15-9-5-10-16-36)19-22-42(47)45-33-46(43-23-20-39(30-48(43)59-2)53-28-26-51(63-53)37-17-11-6-12-18-37)57-55(56-45)44-24-21-40(31-49(44)60-3)54-32-41(34-61-54)35-13-7-4-8-14-35/h4-34H,1-3H3. The lowest BCUT2D eigenvalue weighted by Gasteiger charge is -2.16. The number of rotatable bonds is 12. The zero-order chi connectivity index (χ0) is 42.7. The highest BCUT2D eigenvalue weighted by atomic mass is 32.1. The highest BCUT2D eigenvalue weighted by Crippen LogP contribution is 2.44.